The van der Waals surface area contributed by atoms with E-state index in [0.29, 0.717) is 5.69 Å². The zero-order chi connectivity index (χ0) is 21.0. The largest absolute Gasteiger partial charge is 0.378 e. The van der Waals surface area contributed by atoms with Gasteiger partial charge in [-0.15, -0.1) is 0 Å². The van der Waals surface area contributed by atoms with Gasteiger partial charge < -0.3 is 10.2 Å². The van der Waals surface area contributed by atoms with Crippen LogP contribution < -0.4 is 14.9 Å². The Hall–Kier alpha value is -3.03. The topological polar surface area (TPSA) is 78.5 Å². The fourth-order valence-corrected chi connectivity index (χ4v) is 3.96. The van der Waals surface area contributed by atoms with E-state index in [9.17, 15) is 13.2 Å². The highest BCUT2D eigenvalue weighted by atomic mass is 35.5. The van der Waals surface area contributed by atoms with Crippen molar-refractivity contribution in [2.75, 3.05) is 29.0 Å². The Balaban J connectivity index is 1.79. The number of para-hydroxylation sites is 1. The maximum absolute atomic E-state index is 12.7. The molecule has 0 aliphatic heterocycles. The fourth-order valence-electron chi connectivity index (χ4n) is 2.60. The maximum Gasteiger partial charge on any atom is 0.261 e. The van der Waals surface area contributed by atoms with Crippen molar-refractivity contribution in [3.8, 4) is 0 Å². The molecule has 0 saturated heterocycles. The zero-order valence-electron chi connectivity index (χ0n) is 15.9. The molecule has 3 aromatic carbocycles. The van der Waals surface area contributed by atoms with Gasteiger partial charge in [0.15, 0.2) is 0 Å². The molecule has 29 heavy (non-hydrogen) atoms. The summed E-state index contributed by atoms with van der Waals surface area (Å²) in [4.78, 5) is 14.5. The van der Waals surface area contributed by atoms with Crippen molar-refractivity contribution in [1.29, 1.82) is 0 Å². The summed E-state index contributed by atoms with van der Waals surface area (Å²) in [7, 11) is -0.0463. The highest BCUT2D eigenvalue weighted by molar-refractivity contribution is 7.92. The number of carbonyl (C=O) groups is 1. The van der Waals surface area contributed by atoms with Crippen LogP contribution >= 0.6 is 11.6 Å². The number of anilines is 3. The molecular weight excluding hydrogens is 410 g/mol. The monoisotopic (exact) mass is 429 g/mol. The number of carbonyl (C=O) groups excluding carboxylic acids is 1. The van der Waals surface area contributed by atoms with E-state index in [-0.39, 0.29) is 21.2 Å². The molecule has 0 saturated carbocycles. The Labute approximate surface area is 175 Å². The first-order valence-electron chi connectivity index (χ1n) is 8.72. The summed E-state index contributed by atoms with van der Waals surface area (Å²) in [5, 5.41) is 3.05. The lowest BCUT2D eigenvalue weighted by Gasteiger charge is -2.13. The molecule has 150 valence electrons. The Morgan fingerprint density at radius 1 is 0.931 bits per heavy atom. The van der Waals surface area contributed by atoms with Gasteiger partial charge in [-0.3, -0.25) is 9.52 Å². The van der Waals surface area contributed by atoms with Gasteiger partial charge >= 0.3 is 0 Å². The first-order chi connectivity index (χ1) is 13.8. The maximum atomic E-state index is 12.7. The Morgan fingerprint density at radius 3 is 2.28 bits per heavy atom. The molecular formula is C21H20ClN3O3S. The second-order valence-electron chi connectivity index (χ2n) is 6.51. The van der Waals surface area contributed by atoms with E-state index in [1.54, 1.807) is 42.5 Å². The lowest BCUT2D eigenvalue weighted by molar-refractivity contribution is 0.102. The van der Waals surface area contributed by atoms with Crippen molar-refractivity contribution in [1.82, 2.24) is 0 Å². The molecule has 0 spiro atoms. The van der Waals surface area contributed by atoms with Crippen molar-refractivity contribution in [2.24, 2.45) is 0 Å². The van der Waals surface area contributed by atoms with Crippen LogP contribution in [0.25, 0.3) is 0 Å². The van der Waals surface area contributed by atoms with Crippen LogP contribution in [0, 0.1) is 0 Å². The molecule has 0 aromatic heterocycles. The third-order valence-corrected chi connectivity index (χ3v) is 5.86. The Kier molecular flexibility index (Phi) is 6.10. The van der Waals surface area contributed by atoms with Crippen molar-refractivity contribution < 1.29 is 13.2 Å². The molecule has 1 amide bonds. The van der Waals surface area contributed by atoms with Crippen LogP contribution in [-0.4, -0.2) is 28.4 Å². The minimum atomic E-state index is -3.90. The van der Waals surface area contributed by atoms with Gasteiger partial charge in [-0.25, -0.2) is 8.42 Å². The second-order valence-corrected chi connectivity index (χ2v) is 8.60. The van der Waals surface area contributed by atoms with Gasteiger partial charge in [-0.2, -0.15) is 0 Å². The number of hydrogen-bond donors (Lipinski definition) is 2. The molecule has 0 unspecified atom stereocenters. The predicted octanol–water partition coefficient (Wildman–Crippen LogP) is 4.46. The second kappa shape index (κ2) is 8.55. The Bertz CT molecular complexity index is 1130. The molecule has 0 fully saturated rings. The van der Waals surface area contributed by atoms with E-state index in [4.69, 9.17) is 11.6 Å². The summed E-state index contributed by atoms with van der Waals surface area (Å²) >= 11 is 6.03. The van der Waals surface area contributed by atoms with Crippen molar-refractivity contribution in [3.05, 3.63) is 83.4 Å². The molecule has 6 nitrogen and oxygen atoms in total. The number of hydrogen-bond acceptors (Lipinski definition) is 4. The molecule has 0 atom stereocenters. The van der Waals surface area contributed by atoms with Crippen LogP contribution in [0.15, 0.2) is 77.7 Å². The van der Waals surface area contributed by atoms with E-state index in [1.165, 1.54) is 18.2 Å². The van der Waals surface area contributed by atoms with Gasteiger partial charge in [-0.1, -0.05) is 29.8 Å². The average molecular weight is 430 g/mol. The molecule has 0 bridgehead atoms. The van der Waals surface area contributed by atoms with Gasteiger partial charge in [0.05, 0.1) is 15.6 Å². The van der Waals surface area contributed by atoms with Crippen LogP contribution in [-0.2, 0) is 10.0 Å². The Morgan fingerprint density at radius 2 is 1.62 bits per heavy atom. The highest BCUT2D eigenvalue weighted by Crippen LogP contribution is 2.24. The standard InChI is InChI=1S/C21H20ClN3O3S/c1-25(2)17-12-10-16(11-13-17)23-21(26)15-6-5-7-18(14-15)29(27,28)24-20-9-4-3-8-19(20)22/h3-14,24H,1-2H3,(H,23,26). The molecule has 0 aliphatic carbocycles. The number of amides is 1. The predicted molar refractivity (Wildman–Crippen MR) is 117 cm³/mol. The number of halogens is 1. The van der Waals surface area contributed by atoms with Crippen LogP contribution in [0.3, 0.4) is 0 Å². The third-order valence-electron chi connectivity index (χ3n) is 4.17. The van der Waals surface area contributed by atoms with Crippen LogP contribution in [0.1, 0.15) is 10.4 Å². The van der Waals surface area contributed by atoms with Crippen molar-refractivity contribution in [3.63, 3.8) is 0 Å². The van der Waals surface area contributed by atoms with Crippen LogP contribution in [0.2, 0.25) is 5.02 Å². The molecule has 8 heteroatoms. The highest BCUT2D eigenvalue weighted by Gasteiger charge is 2.18. The third kappa shape index (κ3) is 5.07. The number of sulfonamides is 1. The molecule has 0 heterocycles. The van der Waals surface area contributed by atoms with E-state index in [0.717, 1.165) is 5.69 Å². The lowest BCUT2D eigenvalue weighted by Crippen LogP contribution is -2.16. The number of nitrogens with zero attached hydrogens (tertiary/aromatic N) is 1. The summed E-state index contributed by atoms with van der Waals surface area (Å²) in [6.07, 6.45) is 0. The molecule has 3 rings (SSSR count). The first-order valence-corrected chi connectivity index (χ1v) is 10.6. The van der Waals surface area contributed by atoms with Gasteiger partial charge in [0.2, 0.25) is 0 Å². The van der Waals surface area contributed by atoms with Crippen LogP contribution in [0.5, 0.6) is 0 Å². The van der Waals surface area contributed by atoms with Gasteiger partial charge in [0.1, 0.15) is 0 Å². The van der Waals surface area contributed by atoms with Gasteiger partial charge in [-0.05, 0) is 54.6 Å². The molecule has 0 radical (unpaired) electrons. The normalized spacial score (nSPS) is 11.0. The molecule has 3 aromatic rings. The van der Waals surface area contributed by atoms with E-state index in [2.05, 4.69) is 10.0 Å². The fraction of sp³-hybridized carbons (Fsp3) is 0.0952. The zero-order valence-corrected chi connectivity index (χ0v) is 17.5. The summed E-state index contributed by atoms with van der Waals surface area (Å²) < 4.78 is 27.8. The first kappa shape index (κ1) is 20.7. The SMILES string of the molecule is CN(C)c1ccc(NC(=O)c2cccc(S(=O)(=O)Nc3ccccc3Cl)c2)cc1. The quantitative estimate of drug-likeness (QED) is 0.606. The van der Waals surface area contributed by atoms with Crippen LogP contribution in [0.4, 0.5) is 17.1 Å². The summed E-state index contributed by atoms with van der Waals surface area (Å²) in [5.74, 6) is -0.405. The number of nitrogens with one attached hydrogen (secondary N) is 2. The van der Waals surface area contributed by atoms with Crippen molar-refractivity contribution >= 4 is 44.6 Å². The minimum Gasteiger partial charge on any atom is -0.378 e. The smallest absolute Gasteiger partial charge is 0.261 e. The van der Waals surface area contributed by atoms with E-state index < -0.39 is 15.9 Å². The lowest BCUT2D eigenvalue weighted by atomic mass is 10.2. The number of benzene rings is 3. The van der Waals surface area contributed by atoms with Gasteiger partial charge in [0, 0.05) is 31.0 Å². The van der Waals surface area contributed by atoms with E-state index in [1.807, 2.05) is 31.1 Å². The minimum absolute atomic E-state index is 0.0342. The summed E-state index contributed by atoms with van der Waals surface area (Å²) in [6, 6.07) is 19.7. The van der Waals surface area contributed by atoms with E-state index >= 15 is 0 Å². The molecule has 0 aliphatic rings. The average Bonchev–Trinajstić information content (AvgIpc) is 2.70. The van der Waals surface area contributed by atoms with Crippen molar-refractivity contribution in [2.45, 2.75) is 4.90 Å². The number of rotatable bonds is 6. The summed E-state index contributed by atoms with van der Waals surface area (Å²) in [5.41, 5.74) is 2.11. The molecule has 2 N–H and O–H groups in total. The summed E-state index contributed by atoms with van der Waals surface area (Å²) in [6.45, 7) is 0. The van der Waals surface area contributed by atoms with Gasteiger partial charge in [0.25, 0.3) is 15.9 Å².